The number of aliphatic imine (C=N–C) groups is 1. The molecule has 0 spiro atoms. The third-order valence-electron chi connectivity index (χ3n) is 4.05. The summed E-state index contributed by atoms with van der Waals surface area (Å²) in [6.07, 6.45) is 3.87. The molecule has 0 aromatic heterocycles. The van der Waals surface area contributed by atoms with Crippen LogP contribution in [-0.4, -0.2) is 63.3 Å². The first-order valence-electron chi connectivity index (χ1n) is 8.62. The van der Waals surface area contributed by atoms with Crippen LogP contribution < -0.4 is 10.6 Å². The summed E-state index contributed by atoms with van der Waals surface area (Å²) in [6.45, 7) is 14.2. The normalized spacial score (nSPS) is 18.0. The fourth-order valence-electron chi connectivity index (χ4n) is 2.68. The van der Waals surface area contributed by atoms with Crippen molar-refractivity contribution >= 4 is 5.96 Å². The zero-order valence-electron chi connectivity index (χ0n) is 14.2. The van der Waals surface area contributed by atoms with Gasteiger partial charge in [-0.15, -0.1) is 0 Å². The van der Waals surface area contributed by atoms with Crippen LogP contribution in [0.1, 0.15) is 40.0 Å². The lowest BCUT2D eigenvalue weighted by atomic mass is 9.94. The molecule has 21 heavy (non-hydrogen) atoms. The smallest absolute Gasteiger partial charge is 0.191 e. The van der Waals surface area contributed by atoms with Gasteiger partial charge in [0.1, 0.15) is 0 Å². The summed E-state index contributed by atoms with van der Waals surface area (Å²) in [7, 11) is 0. The number of likely N-dealkylation sites (tertiary alicyclic amines) is 1. The maximum Gasteiger partial charge on any atom is 0.191 e. The Morgan fingerprint density at radius 1 is 1.19 bits per heavy atom. The molecule has 2 N–H and O–H groups in total. The summed E-state index contributed by atoms with van der Waals surface area (Å²) in [5.41, 5.74) is 0. The summed E-state index contributed by atoms with van der Waals surface area (Å²) < 4.78 is 5.33. The van der Waals surface area contributed by atoms with Crippen LogP contribution >= 0.6 is 0 Å². The van der Waals surface area contributed by atoms with E-state index in [0.717, 1.165) is 44.7 Å². The SMILES string of the molecule is CCNC(=NCCC1CCN(CC)CC1)NCCOCC. The molecule has 1 aliphatic heterocycles. The molecule has 1 heterocycles. The van der Waals surface area contributed by atoms with Gasteiger partial charge in [0.2, 0.25) is 0 Å². The van der Waals surface area contributed by atoms with Crippen molar-refractivity contribution in [3.05, 3.63) is 0 Å². The average molecular weight is 298 g/mol. The van der Waals surface area contributed by atoms with Crippen LogP contribution in [0.15, 0.2) is 4.99 Å². The van der Waals surface area contributed by atoms with Gasteiger partial charge in [-0.05, 0) is 58.7 Å². The van der Waals surface area contributed by atoms with Crippen molar-refractivity contribution < 1.29 is 4.74 Å². The molecular formula is C16H34N4O. The highest BCUT2D eigenvalue weighted by molar-refractivity contribution is 5.79. The molecule has 1 saturated heterocycles. The molecule has 0 bridgehead atoms. The monoisotopic (exact) mass is 298 g/mol. The summed E-state index contributed by atoms with van der Waals surface area (Å²) >= 11 is 0. The zero-order chi connectivity index (χ0) is 15.3. The second-order valence-corrected chi connectivity index (χ2v) is 5.55. The summed E-state index contributed by atoms with van der Waals surface area (Å²) in [4.78, 5) is 7.21. The lowest BCUT2D eigenvalue weighted by Gasteiger charge is -2.30. The van der Waals surface area contributed by atoms with Crippen LogP contribution in [0.3, 0.4) is 0 Å². The molecule has 0 radical (unpaired) electrons. The molecule has 1 fully saturated rings. The maximum atomic E-state index is 5.33. The Bertz CT molecular complexity index is 275. The number of nitrogens with zero attached hydrogens (tertiary/aromatic N) is 2. The molecule has 5 heteroatoms. The summed E-state index contributed by atoms with van der Waals surface area (Å²) in [5.74, 6) is 1.77. The number of guanidine groups is 1. The topological polar surface area (TPSA) is 48.9 Å². The fourth-order valence-corrected chi connectivity index (χ4v) is 2.68. The van der Waals surface area contributed by atoms with Gasteiger partial charge in [-0.1, -0.05) is 6.92 Å². The Kier molecular flexibility index (Phi) is 10.3. The lowest BCUT2D eigenvalue weighted by Crippen LogP contribution is -2.39. The quantitative estimate of drug-likeness (QED) is 0.386. The van der Waals surface area contributed by atoms with Gasteiger partial charge in [-0.3, -0.25) is 4.99 Å². The van der Waals surface area contributed by atoms with Gasteiger partial charge < -0.3 is 20.3 Å². The Hall–Kier alpha value is -0.810. The van der Waals surface area contributed by atoms with E-state index in [4.69, 9.17) is 4.74 Å². The Labute approximate surface area is 130 Å². The second kappa shape index (κ2) is 11.8. The highest BCUT2D eigenvalue weighted by atomic mass is 16.5. The van der Waals surface area contributed by atoms with Crippen LogP contribution in [0.2, 0.25) is 0 Å². The Balaban J connectivity index is 2.20. The Morgan fingerprint density at radius 2 is 1.95 bits per heavy atom. The predicted molar refractivity (Wildman–Crippen MR) is 89.9 cm³/mol. The molecule has 124 valence electrons. The van der Waals surface area contributed by atoms with E-state index in [2.05, 4.69) is 34.4 Å². The second-order valence-electron chi connectivity index (χ2n) is 5.55. The largest absolute Gasteiger partial charge is 0.380 e. The molecule has 0 aromatic carbocycles. The van der Waals surface area contributed by atoms with E-state index >= 15 is 0 Å². The first kappa shape index (κ1) is 18.2. The van der Waals surface area contributed by atoms with Crippen molar-refractivity contribution in [3.8, 4) is 0 Å². The van der Waals surface area contributed by atoms with E-state index in [-0.39, 0.29) is 0 Å². The van der Waals surface area contributed by atoms with Crippen molar-refractivity contribution in [2.75, 3.05) is 52.5 Å². The van der Waals surface area contributed by atoms with Crippen LogP contribution in [0, 0.1) is 5.92 Å². The van der Waals surface area contributed by atoms with Gasteiger partial charge >= 0.3 is 0 Å². The molecule has 0 unspecified atom stereocenters. The van der Waals surface area contributed by atoms with Crippen LogP contribution in [0.5, 0.6) is 0 Å². The van der Waals surface area contributed by atoms with E-state index in [1.54, 1.807) is 0 Å². The minimum atomic E-state index is 0.733. The summed E-state index contributed by atoms with van der Waals surface area (Å²) in [6, 6.07) is 0. The fraction of sp³-hybridized carbons (Fsp3) is 0.938. The van der Waals surface area contributed by atoms with Crippen LogP contribution in [-0.2, 0) is 4.74 Å². The molecule has 0 saturated carbocycles. The third-order valence-corrected chi connectivity index (χ3v) is 4.05. The molecular weight excluding hydrogens is 264 g/mol. The molecule has 1 aliphatic rings. The number of rotatable bonds is 9. The first-order valence-corrected chi connectivity index (χ1v) is 8.62. The number of piperidine rings is 1. The number of nitrogens with one attached hydrogen (secondary N) is 2. The van der Waals surface area contributed by atoms with Crippen molar-refractivity contribution in [2.24, 2.45) is 10.9 Å². The van der Waals surface area contributed by atoms with E-state index < -0.39 is 0 Å². The van der Waals surface area contributed by atoms with E-state index in [0.29, 0.717) is 0 Å². The van der Waals surface area contributed by atoms with Crippen molar-refractivity contribution in [3.63, 3.8) is 0 Å². The van der Waals surface area contributed by atoms with E-state index in [1.165, 1.54) is 38.9 Å². The highest BCUT2D eigenvalue weighted by Crippen LogP contribution is 2.19. The molecule has 0 atom stereocenters. The average Bonchev–Trinajstić information content (AvgIpc) is 2.52. The molecule has 0 aromatic rings. The van der Waals surface area contributed by atoms with E-state index in [9.17, 15) is 0 Å². The van der Waals surface area contributed by atoms with Crippen molar-refractivity contribution in [2.45, 2.75) is 40.0 Å². The van der Waals surface area contributed by atoms with Crippen molar-refractivity contribution in [1.82, 2.24) is 15.5 Å². The Morgan fingerprint density at radius 3 is 2.57 bits per heavy atom. The van der Waals surface area contributed by atoms with Crippen molar-refractivity contribution in [1.29, 1.82) is 0 Å². The van der Waals surface area contributed by atoms with Crippen LogP contribution in [0.25, 0.3) is 0 Å². The highest BCUT2D eigenvalue weighted by Gasteiger charge is 2.17. The molecule has 5 nitrogen and oxygen atoms in total. The molecule has 0 amide bonds. The standard InChI is InChI=1S/C16H34N4O/c1-4-17-16(19-11-14-21-6-3)18-10-7-15-8-12-20(5-2)13-9-15/h15H,4-14H2,1-3H3,(H2,17,18,19). The van der Waals surface area contributed by atoms with Gasteiger partial charge in [0.15, 0.2) is 5.96 Å². The number of hydrogen-bond acceptors (Lipinski definition) is 3. The first-order chi connectivity index (χ1) is 10.3. The third kappa shape index (κ3) is 8.27. The minimum Gasteiger partial charge on any atom is -0.380 e. The van der Waals surface area contributed by atoms with E-state index in [1.807, 2.05) is 6.92 Å². The predicted octanol–water partition coefficient (Wildman–Crippen LogP) is 1.70. The van der Waals surface area contributed by atoms with Gasteiger partial charge in [0, 0.05) is 26.2 Å². The molecule has 0 aliphatic carbocycles. The number of hydrogen-bond donors (Lipinski definition) is 2. The van der Waals surface area contributed by atoms with Gasteiger partial charge in [-0.25, -0.2) is 0 Å². The lowest BCUT2D eigenvalue weighted by molar-refractivity contribution is 0.152. The molecule has 1 rings (SSSR count). The number of ether oxygens (including phenoxy) is 1. The zero-order valence-corrected chi connectivity index (χ0v) is 14.2. The maximum absolute atomic E-state index is 5.33. The minimum absolute atomic E-state index is 0.733. The summed E-state index contributed by atoms with van der Waals surface area (Å²) in [5, 5.41) is 6.60. The van der Waals surface area contributed by atoms with Gasteiger partial charge in [0.25, 0.3) is 0 Å². The van der Waals surface area contributed by atoms with Crippen LogP contribution in [0.4, 0.5) is 0 Å². The van der Waals surface area contributed by atoms with Gasteiger partial charge in [-0.2, -0.15) is 0 Å². The van der Waals surface area contributed by atoms with Gasteiger partial charge in [0.05, 0.1) is 6.61 Å².